The second-order valence-electron chi connectivity index (χ2n) is 7.54. The summed E-state index contributed by atoms with van der Waals surface area (Å²) in [5, 5.41) is 11.9. The minimum Gasteiger partial charge on any atom is -0.391 e. The Hall–Kier alpha value is -2.34. The standard InChI is InChI=1S/C19H23N5O/c1-22-6-3-15-16(2-4-21-19(15)22)24-10-13-8-17(23-7-5-20-12-23)18(25)9-14(13)11-24/h2-7,12-14,17-18,25H,8-11H2,1H3/t13-,14+,17-,18-/m1/s1. The van der Waals surface area contributed by atoms with E-state index < -0.39 is 0 Å². The van der Waals surface area contributed by atoms with E-state index in [1.165, 1.54) is 11.1 Å². The molecule has 0 radical (unpaired) electrons. The third-order valence-electron chi connectivity index (χ3n) is 6.10. The van der Waals surface area contributed by atoms with E-state index in [0.29, 0.717) is 11.8 Å². The van der Waals surface area contributed by atoms with Crippen LogP contribution in [-0.4, -0.2) is 43.4 Å². The molecule has 2 fully saturated rings. The molecule has 0 aromatic carbocycles. The lowest BCUT2D eigenvalue weighted by Crippen LogP contribution is -2.35. The zero-order chi connectivity index (χ0) is 17.0. The Balaban J connectivity index is 1.42. The van der Waals surface area contributed by atoms with E-state index in [0.717, 1.165) is 31.6 Å². The summed E-state index contributed by atoms with van der Waals surface area (Å²) in [4.78, 5) is 11.1. The molecule has 25 heavy (non-hydrogen) atoms. The number of pyridine rings is 1. The molecule has 130 valence electrons. The van der Waals surface area contributed by atoms with E-state index in [1.54, 1.807) is 6.20 Å². The molecule has 1 N–H and O–H groups in total. The third kappa shape index (κ3) is 2.35. The number of nitrogens with zero attached hydrogens (tertiary/aromatic N) is 5. The van der Waals surface area contributed by atoms with Gasteiger partial charge in [-0.25, -0.2) is 9.97 Å². The summed E-state index contributed by atoms with van der Waals surface area (Å²) in [6, 6.07) is 4.43. The summed E-state index contributed by atoms with van der Waals surface area (Å²) in [6.45, 7) is 2.07. The summed E-state index contributed by atoms with van der Waals surface area (Å²) in [7, 11) is 2.04. The molecule has 1 aliphatic heterocycles. The maximum absolute atomic E-state index is 10.6. The zero-order valence-corrected chi connectivity index (χ0v) is 14.4. The van der Waals surface area contributed by atoms with Gasteiger partial charge in [-0.2, -0.15) is 0 Å². The molecular weight excluding hydrogens is 314 g/mol. The fraction of sp³-hybridized carbons (Fsp3) is 0.474. The maximum Gasteiger partial charge on any atom is 0.141 e. The van der Waals surface area contributed by atoms with Crippen LogP contribution in [0.5, 0.6) is 0 Å². The maximum atomic E-state index is 10.6. The number of aryl methyl sites for hydroxylation is 1. The Bertz CT molecular complexity index is 887. The van der Waals surface area contributed by atoms with Crippen molar-refractivity contribution in [1.29, 1.82) is 0 Å². The number of hydrogen-bond donors (Lipinski definition) is 1. The van der Waals surface area contributed by atoms with Gasteiger partial charge in [-0.1, -0.05) is 0 Å². The van der Waals surface area contributed by atoms with Gasteiger partial charge in [-0.05, 0) is 36.8 Å². The van der Waals surface area contributed by atoms with Gasteiger partial charge in [-0.3, -0.25) is 0 Å². The van der Waals surface area contributed by atoms with Gasteiger partial charge >= 0.3 is 0 Å². The highest BCUT2D eigenvalue weighted by Crippen LogP contribution is 2.43. The van der Waals surface area contributed by atoms with Crippen LogP contribution >= 0.6 is 0 Å². The molecule has 0 spiro atoms. The van der Waals surface area contributed by atoms with Gasteiger partial charge in [0.2, 0.25) is 0 Å². The smallest absolute Gasteiger partial charge is 0.141 e. The van der Waals surface area contributed by atoms with Gasteiger partial charge < -0.3 is 19.1 Å². The topological polar surface area (TPSA) is 59.1 Å². The monoisotopic (exact) mass is 337 g/mol. The fourth-order valence-corrected chi connectivity index (χ4v) is 4.82. The largest absolute Gasteiger partial charge is 0.391 e. The van der Waals surface area contributed by atoms with Gasteiger partial charge in [0.25, 0.3) is 0 Å². The van der Waals surface area contributed by atoms with Crippen molar-refractivity contribution in [3.05, 3.63) is 43.2 Å². The normalized spacial score (nSPS) is 29.3. The van der Waals surface area contributed by atoms with Crippen molar-refractivity contribution >= 4 is 16.7 Å². The molecular formula is C19H23N5O. The van der Waals surface area contributed by atoms with Crippen LogP contribution in [0.25, 0.3) is 11.0 Å². The zero-order valence-electron chi connectivity index (χ0n) is 14.4. The number of aromatic nitrogens is 4. The molecule has 6 heteroatoms. The third-order valence-corrected chi connectivity index (χ3v) is 6.10. The van der Waals surface area contributed by atoms with Crippen molar-refractivity contribution in [2.45, 2.75) is 25.0 Å². The Morgan fingerprint density at radius 1 is 1.08 bits per heavy atom. The molecule has 4 heterocycles. The number of anilines is 1. The predicted octanol–water partition coefficient (Wildman–Crippen LogP) is 2.22. The summed E-state index contributed by atoms with van der Waals surface area (Å²) in [6.07, 6.45) is 11.2. The van der Waals surface area contributed by atoms with Gasteiger partial charge in [0.15, 0.2) is 0 Å². The van der Waals surface area contributed by atoms with Gasteiger partial charge in [0.1, 0.15) is 5.65 Å². The highest BCUT2D eigenvalue weighted by Gasteiger charge is 2.42. The van der Waals surface area contributed by atoms with Crippen molar-refractivity contribution in [3.63, 3.8) is 0 Å². The van der Waals surface area contributed by atoms with Crippen molar-refractivity contribution < 1.29 is 5.11 Å². The summed E-state index contributed by atoms with van der Waals surface area (Å²) in [5.74, 6) is 1.17. The molecule has 1 saturated heterocycles. The van der Waals surface area contributed by atoms with Gasteiger partial charge in [0, 0.05) is 56.0 Å². The van der Waals surface area contributed by atoms with Crippen LogP contribution in [0.15, 0.2) is 43.2 Å². The summed E-state index contributed by atoms with van der Waals surface area (Å²) in [5.41, 5.74) is 2.30. The lowest BCUT2D eigenvalue weighted by atomic mass is 9.77. The molecule has 4 atom stereocenters. The molecule has 3 aromatic rings. The van der Waals surface area contributed by atoms with Crippen molar-refractivity contribution in [2.75, 3.05) is 18.0 Å². The van der Waals surface area contributed by atoms with Crippen LogP contribution in [0.3, 0.4) is 0 Å². The van der Waals surface area contributed by atoms with Crippen LogP contribution in [0.2, 0.25) is 0 Å². The number of rotatable bonds is 2. The van der Waals surface area contributed by atoms with Crippen LogP contribution in [0, 0.1) is 11.8 Å². The van der Waals surface area contributed by atoms with E-state index in [4.69, 9.17) is 0 Å². The van der Waals surface area contributed by atoms with E-state index in [9.17, 15) is 5.11 Å². The van der Waals surface area contributed by atoms with Crippen LogP contribution in [0.1, 0.15) is 18.9 Å². The van der Waals surface area contributed by atoms with E-state index in [2.05, 4.69) is 42.3 Å². The van der Waals surface area contributed by atoms with Crippen LogP contribution in [0.4, 0.5) is 5.69 Å². The Morgan fingerprint density at radius 3 is 2.72 bits per heavy atom. The van der Waals surface area contributed by atoms with Gasteiger partial charge in [0.05, 0.1) is 18.5 Å². The van der Waals surface area contributed by atoms with E-state index in [-0.39, 0.29) is 12.1 Å². The lowest BCUT2D eigenvalue weighted by Gasteiger charge is -2.35. The minimum absolute atomic E-state index is 0.151. The first-order chi connectivity index (χ1) is 12.2. The van der Waals surface area contributed by atoms with E-state index in [1.807, 2.05) is 25.8 Å². The number of imidazole rings is 1. The Kier molecular flexibility index (Phi) is 3.35. The number of aliphatic hydroxyl groups excluding tert-OH is 1. The molecule has 1 saturated carbocycles. The van der Waals surface area contributed by atoms with Crippen LogP contribution in [-0.2, 0) is 7.05 Å². The highest BCUT2D eigenvalue weighted by atomic mass is 16.3. The molecule has 1 aliphatic carbocycles. The second-order valence-corrected chi connectivity index (χ2v) is 7.54. The second kappa shape index (κ2) is 5.59. The van der Waals surface area contributed by atoms with E-state index >= 15 is 0 Å². The average molecular weight is 337 g/mol. The first kappa shape index (κ1) is 15.0. The summed E-state index contributed by atoms with van der Waals surface area (Å²) >= 11 is 0. The fourth-order valence-electron chi connectivity index (χ4n) is 4.82. The highest BCUT2D eigenvalue weighted by molar-refractivity contribution is 5.90. The number of aliphatic hydroxyl groups is 1. The Morgan fingerprint density at radius 2 is 1.92 bits per heavy atom. The molecule has 0 amide bonds. The quantitative estimate of drug-likeness (QED) is 0.779. The number of fused-ring (bicyclic) bond motifs is 2. The first-order valence-corrected chi connectivity index (χ1v) is 9.01. The molecule has 2 aliphatic rings. The van der Waals surface area contributed by atoms with Crippen LogP contribution < -0.4 is 4.90 Å². The van der Waals surface area contributed by atoms with Gasteiger partial charge in [-0.15, -0.1) is 0 Å². The lowest BCUT2D eigenvalue weighted by molar-refractivity contribution is 0.0358. The molecule has 3 aromatic heterocycles. The minimum atomic E-state index is -0.287. The van der Waals surface area contributed by atoms with Crippen molar-refractivity contribution in [3.8, 4) is 0 Å². The summed E-state index contributed by atoms with van der Waals surface area (Å²) < 4.78 is 4.15. The molecule has 0 unspecified atom stereocenters. The predicted molar refractivity (Wildman–Crippen MR) is 96.4 cm³/mol. The first-order valence-electron chi connectivity index (χ1n) is 9.01. The van der Waals surface area contributed by atoms with Crippen molar-refractivity contribution in [2.24, 2.45) is 18.9 Å². The molecule has 0 bridgehead atoms. The van der Waals surface area contributed by atoms with Crippen molar-refractivity contribution in [1.82, 2.24) is 19.1 Å². The average Bonchev–Trinajstić information content (AvgIpc) is 3.33. The molecule has 6 nitrogen and oxygen atoms in total. The number of hydrogen-bond acceptors (Lipinski definition) is 4. The SMILES string of the molecule is Cn1ccc2c(N3C[C@H]4C[C@@H](n5ccnc5)[C@H](O)C[C@H]4C3)ccnc21. The molecule has 5 rings (SSSR count). The Labute approximate surface area is 146 Å².